The molecule has 198 valence electrons. The maximum atomic E-state index is 12.6. The number of likely N-dealkylation sites (N-methyl/N-ethyl adjacent to an activating group) is 1. The van der Waals surface area contributed by atoms with Gasteiger partial charge in [-0.3, -0.25) is 14.9 Å². The number of carbonyl (C=O) groups excluding carboxylic acids is 1. The van der Waals surface area contributed by atoms with Crippen molar-refractivity contribution in [1.29, 1.82) is 0 Å². The van der Waals surface area contributed by atoms with Crippen LogP contribution in [0, 0.1) is 5.92 Å². The topological polar surface area (TPSA) is 119 Å². The van der Waals surface area contributed by atoms with Crippen LogP contribution in [0.3, 0.4) is 0 Å². The van der Waals surface area contributed by atoms with E-state index in [4.69, 9.17) is 0 Å². The molecule has 1 saturated carbocycles. The Morgan fingerprint density at radius 2 is 1.77 bits per heavy atom. The van der Waals surface area contributed by atoms with Crippen LogP contribution in [0.4, 0.5) is 11.4 Å². The lowest BCUT2D eigenvalue weighted by molar-refractivity contribution is -0.119. The molecule has 5 aromatic heterocycles. The molecule has 0 atom stereocenters. The summed E-state index contributed by atoms with van der Waals surface area (Å²) in [7, 11) is 2.16. The Morgan fingerprint density at radius 3 is 2.62 bits per heavy atom. The zero-order valence-electron chi connectivity index (χ0n) is 21.9. The summed E-state index contributed by atoms with van der Waals surface area (Å²) < 4.78 is 0. The molecule has 0 unspecified atom stereocenters. The number of pyridine rings is 3. The van der Waals surface area contributed by atoms with E-state index >= 15 is 0 Å². The highest BCUT2D eigenvalue weighted by atomic mass is 16.1. The number of anilines is 2. The number of H-pyrrole nitrogens is 2. The number of rotatable bonds is 5. The predicted molar refractivity (Wildman–Crippen MR) is 153 cm³/mol. The molecule has 10 nitrogen and oxygen atoms in total. The fourth-order valence-electron chi connectivity index (χ4n) is 5.83. The van der Waals surface area contributed by atoms with Crippen LogP contribution in [0.25, 0.3) is 44.6 Å². The third-order valence-electron chi connectivity index (χ3n) is 8.09. The van der Waals surface area contributed by atoms with Crippen molar-refractivity contribution in [3.8, 4) is 22.5 Å². The highest BCUT2D eigenvalue weighted by molar-refractivity contribution is 5.99. The largest absolute Gasteiger partial charge is 0.368 e. The standard InChI is InChI=1S/C29H31N9O/c1-37-8-10-38(11-9-37)25-6-7-31-27-22(25)14-24(34-27)26-23-13-20(16-32-28(23)36-35-26)19-12-21(17-30-15-19)33-29(39)18-4-2-3-5-18/h6-7,12-18H,2-5,8-11H2,1H3,(H,31,34)(H,33,39)(H,32,35,36). The van der Waals surface area contributed by atoms with Crippen LogP contribution in [0.5, 0.6) is 0 Å². The summed E-state index contributed by atoms with van der Waals surface area (Å²) in [4.78, 5) is 34.5. The van der Waals surface area contributed by atoms with Gasteiger partial charge in [0.25, 0.3) is 0 Å². The monoisotopic (exact) mass is 521 g/mol. The van der Waals surface area contributed by atoms with Gasteiger partial charge in [0.15, 0.2) is 5.65 Å². The summed E-state index contributed by atoms with van der Waals surface area (Å²) in [6, 6.07) is 8.26. The molecule has 2 aliphatic rings. The van der Waals surface area contributed by atoms with Gasteiger partial charge in [-0.1, -0.05) is 12.8 Å². The van der Waals surface area contributed by atoms with Crippen molar-refractivity contribution in [3.05, 3.63) is 49.1 Å². The molecule has 5 aromatic rings. The Morgan fingerprint density at radius 1 is 0.949 bits per heavy atom. The molecular weight excluding hydrogens is 490 g/mol. The van der Waals surface area contributed by atoms with Gasteiger partial charge in [-0.2, -0.15) is 5.10 Å². The molecular formula is C29H31N9O. The summed E-state index contributed by atoms with van der Waals surface area (Å²) >= 11 is 0. The number of aromatic nitrogens is 6. The summed E-state index contributed by atoms with van der Waals surface area (Å²) in [5, 5.41) is 12.7. The van der Waals surface area contributed by atoms with Crippen molar-refractivity contribution in [3.63, 3.8) is 0 Å². The van der Waals surface area contributed by atoms with Gasteiger partial charge >= 0.3 is 0 Å². The third-order valence-corrected chi connectivity index (χ3v) is 8.09. The zero-order chi connectivity index (χ0) is 26.3. The Hall–Kier alpha value is -4.31. The van der Waals surface area contributed by atoms with Crippen LogP contribution in [0.15, 0.2) is 49.1 Å². The second-order valence-electron chi connectivity index (χ2n) is 10.7. The molecule has 0 radical (unpaired) electrons. The zero-order valence-corrected chi connectivity index (χ0v) is 21.9. The lowest BCUT2D eigenvalue weighted by Crippen LogP contribution is -2.44. The molecule has 1 aliphatic heterocycles. The number of piperazine rings is 1. The van der Waals surface area contributed by atoms with E-state index in [2.05, 4.69) is 70.5 Å². The lowest BCUT2D eigenvalue weighted by atomic mass is 10.1. The van der Waals surface area contributed by atoms with E-state index in [-0.39, 0.29) is 11.8 Å². The first-order valence-electron chi connectivity index (χ1n) is 13.6. The molecule has 0 bridgehead atoms. The summed E-state index contributed by atoms with van der Waals surface area (Å²) in [6.07, 6.45) is 11.3. The molecule has 1 amide bonds. The first kappa shape index (κ1) is 23.8. The van der Waals surface area contributed by atoms with E-state index in [1.165, 1.54) is 5.69 Å². The molecule has 2 fully saturated rings. The average molecular weight is 522 g/mol. The Bertz CT molecular complexity index is 1660. The fraction of sp³-hybridized carbons (Fsp3) is 0.345. The van der Waals surface area contributed by atoms with Gasteiger partial charge in [-0.05, 0) is 44.2 Å². The van der Waals surface area contributed by atoms with Gasteiger partial charge in [-0.15, -0.1) is 0 Å². The molecule has 3 N–H and O–H groups in total. The second-order valence-corrected chi connectivity index (χ2v) is 10.7. The van der Waals surface area contributed by atoms with Gasteiger partial charge in [0.2, 0.25) is 5.91 Å². The highest BCUT2D eigenvalue weighted by Gasteiger charge is 2.23. The summed E-state index contributed by atoms with van der Waals surface area (Å²) in [5.74, 6) is 0.184. The Labute approximate surface area is 225 Å². The number of hydrogen-bond acceptors (Lipinski definition) is 7. The van der Waals surface area contributed by atoms with Crippen LogP contribution in [0.1, 0.15) is 25.7 Å². The molecule has 7 rings (SSSR count). The van der Waals surface area contributed by atoms with Crippen LogP contribution < -0.4 is 10.2 Å². The van der Waals surface area contributed by atoms with E-state index in [0.29, 0.717) is 11.3 Å². The van der Waals surface area contributed by atoms with Gasteiger partial charge in [0.1, 0.15) is 11.3 Å². The lowest BCUT2D eigenvalue weighted by Gasteiger charge is -2.34. The molecule has 39 heavy (non-hydrogen) atoms. The minimum atomic E-state index is 0.0838. The molecule has 0 spiro atoms. The number of fused-ring (bicyclic) bond motifs is 2. The molecule has 1 saturated heterocycles. The normalized spacial score (nSPS) is 16.9. The summed E-state index contributed by atoms with van der Waals surface area (Å²) in [5.41, 5.74) is 6.92. The fourth-order valence-corrected chi connectivity index (χ4v) is 5.83. The SMILES string of the molecule is CN1CCN(c2ccnc3[nH]c(-c4n[nH]c5ncc(-c6cncc(NC(=O)C7CCCC7)c6)cc45)cc23)CC1. The van der Waals surface area contributed by atoms with Crippen LogP contribution >= 0.6 is 0 Å². The van der Waals surface area contributed by atoms with Crippen LogP contribution in [-0.4, -0.2) is 74.2 Å². The Kier molecular flexibility index (Phi) is 5.96. The van der Waals surface area contributed by atoms with Gasteiger partial charge in [0, 0.05) is 78.3 Å². The summed E-state index contributed by atoms with van der Waals surface area (Å²) in [6.45, 7) is 4.06. The molecule has 6 heterocycles. The van der Waals surface area contributed by atoms with Crippen molar-refractivity contribution in [2.24, 2.45) is 5.92 Å². The number of hydrogen-bond donors (Lipinski definition) is 3. The van der Waals surface area contributed by atoms with E-state index < -0.39 is 0 Å². The van der Waals surface area contributed by atoms with Crippen molar-refractivity contribution >= 4 is 39.3 Å². The van der Waals surface area contributed by atoms with Crippen LogP contribution in [-0.2, 0) is 4.79 Å². The van der Waals surface area contributed by atoms with E-state index in [1.54, 1.807) is 12.4 Å². The van der Waals surface area contributed by atoms with Crippen molar-refractivity contribution in [1.82, 2.24) is 35.0 Å². The molecule has 10 heteroatoms. The molecule has 1 aliphatic carbocycles. The predicted octanol–water partition coefficient (Wildman–Crippen LogP) is 4.44. The maximum absolute atomic E-state index is 12.6. The number of carbonyl (C=O) groups is 1. The average Bonchev–Trinajstić information content (AvgIpc) is 3.73. The Balaban J connectivity index is 1.21. The highest BCUT2D eigenvalue weighted by Crippen LogP contribution is 2.34. The number of aromatic amines is 2. The smallest absolute Gasteiger partial charge is 0.227 e. The van der Waals surface area contributed by atoms with E-state index in [1.807, 2.05) is 18.5 Å². The number of nitrogens with one attached hydrogen (secondary N) is 3. The van der Waals surface area contributed by atoms with Crippen molar-refractivity contribution in [2.45, 2.75) is 25.7 Å². The molecule has 0 aromatic carbocycles. The minimum absolute atomic E-state index is 0.0838. The minimum Gasteiger partial charge on any atom is -0.368 e. The van der Waals surface area contributed by atoms with Crippen LogP contribution in [0.2, 0.25) is 0 Å². The van der Waals surface area contributed by atoms with Gasteiger partial charge < -0.3 is 20.1 Å². The van der Waals surface area contributed by atoms with E-state index in [9.17, 15) is 4.79 Å². The second kappa shape index (κ2) is 9.77. The first-order chi connectivity index (χ1) is 19.1. The van der Waals surface area contributed by atoms with Crippen molar-refractivity contribution < 1.29 is 4.79 Å². The van der Waals surface area contributed by atoms with Gasteiger partial charge in [0.05, 0.1) is 17.6 Å². The number of nitrogens with zero attached hydrogens (tertiary/aromatic N) is 6. The first-order valence-corrected chi connectivity index (χ1v) is 13.6. The third kappa shape index (κ3) is 4.50. The maximum Gasteiger partial charge on any atom is 0.227 e. The van der Waals surface area contributed by atoms with E-state index in [0.717, 1.165) is 90.8 Å². The quantitative estimate of drug-likeness (QED) is 0.313. The number of amides is 1. The van der Waals surface area contributed by atoms with Crippen molar-refractivity contribution in [2.75, 3.05) is 43.4 Å². The van der Waals surface area contributed by atoms with Gasteiger partial charge in [-0.25, -0.2) is 9.97 Å².